The molecule has 0 spiro atoms. The van der Waals surface area contributed by atoms with Gasteiger partial charge in [-0.2, -0.15) is 0 Å². The van der Waals surface area contributed by atoms with Crippen LogP contribution in [0.3, 0.4) is 0 Å². The van der Waals surface area contributed by atoms with Crippen molar-refractivity contribution in [2.45, 2.75) is 161 Å². The fourth-order valence-electron chi connectivity index (χ4n) is 10.3. The Hall–Kier alpha value is -0.993. The monoisotopic (exact) mass is 776 g/mol. The minimum atomic E-state index is -3.32. The van der Waals surface area contributed by atoms with E-state index in [1.54, 1.807) is 41.7 Å². The van der Waals surface area contributed by atoms with Crippen LogP contribution in [0.25, 0.3) is 10.4 Å². The molecule has 44 heavy (non-hydrogen) atoms. The molecule has 0 fully saturated rings. The topological polar surface area (TPSA) is 0 Å². The van der Waals surface area contributed by atoms with E-state index in [1.807, 2.05) is 32.7 Å². The first-order valence-corrected chi connectivity index (χ1v) is 30.7. The summed E-state index contributed by atoms with van der Waals surface area (Å²) in [5.41, 5.74) is 17.3. The first kappa shape index (κ1) is 34.3. The molecule has 0 saturated carbocycles. The molecule has 0 radical (unpaired) electrons. The van der Waals surface area contributed by atoms with E-state index < -0.39 is 28.0 Å². The SMILES string of the molecule is CCC[CH2][Hf]1([CH2]CCC)[CH]2C(C)=C(c3c(C(C)C)cc(C(C)C)cc32)[Si](C)(C)C2=C(C)[CH]1c1cc(C(C)C)cc(C(C)C)c12. The Labute approximate surface area is 277 Å². The second-order valence-electron chi connectivity index (χ2n) is 16.8. The number of rotatable bonds is 10. The van der Waals surface area contributed by atoms with E-state index in [1.165, 1.54) is 25.7 Å². The summed E-state index contributed by atoms with van der Waals surface area (Å²) < 4.78 is 4.54. The summed E-state index contributed by atoms with van der Waals surface area (Å²) in [6.07, 6.45) is 5.48. The predicted molar refractivity (Wildman–Crippen MR) is 197 cm³/mol. The van der Waals surface area contributed by atoms with Gasteiger partial charge in [0.2, 0.25) is 0 Å². The van der Waals surface area contributed by atoms with Crippen LogP contribution in [0, 0.1) is 0 Å². The Morgan fingerprint density at radius 1 is 0.591 bits per heavy atom. The number of benzene rings is 2. The molecule has 0 amide bonds. The molecule has 0 N–H and O–H groups in total. The summed E-state index contributed by atoms with van der Waals surface area (Å²) in [4.78, 5) is 0. The fourth-order valence-corrected chi connectivity index (χ4v) is 42.5. The minimum absolute atomic E-state index is 0.547. The molecule has 5 rings (SSSR count). The van der Waals surface area contributed by atoms with Crippen LogP contribution in [0.2, 0.25) is 21.4 Å². The van der Waals surface area contributed by atoms with Crippen LogP contribution in [-0.2, 0) is 20.0 Å². The summed E-state index contributed by atoms with van der Waals surface area (Å²) in [6.45, 7) is 35.3. The summed E-state index contributed by atoms with van der Waals surface area (Å²) in [7, 11) is -2.05. The molecular formula is C42H64HfSi. The van der Waals surface area contributed by atoms with Crippen LogP contribution in [0.5, 0.6) is 0 Å². The van der Waals surface area contributed by atoms with E-state index in [0.717, 1.165) is 7.35 Å². The van der Waals surface area contributed by atoms with Gasteiger partial charge in [0.15, 0.2) is 0 Å². The van der Waals surface area contributed by atoms with Crippen molar-refractivity contribution in [1.82, 2.24) is 0 Å². The molecule has 4 bridgehead atoms. The van der Waals surface area contributed by atoms with Crippen LogP contribution in [0.1, 0.15) is 184 Å². The van der Waals surface area contributed by atoms with Gasteiger partial charge in [0, 0.05) is 0 Å². The summed E-state index contributed by atoms with van der Waals surface area (Å²) >= 11 is -3.32. The van der Waals surface area contributed by atoms with E-state index in [9.17, 15) is 0 Å². The first-order chi connectivity index (χ1) is 20.6. The number of unbranched alkanes of at least 4 members (excludes halogenated alkanes) is 2. The van der Waals surface area contributed by atoms with E-state index in [2.05, 4.69) is 120 Å². The van der Waals surface area contributed by atoms with Gasteiger partial charge in [0.05, 0.1) is 0 Å². The molecule has 2 atom stereocenters. The first-order valence-electron chi connectivity index (χ1n) is 18.4. The zero-order valence-electron chi connectivity index (χ0n) is 31.0. The molecule has 3 aliphatic rings. The van der Waals surface area contributed by atoms with Crippen molar-refractivity contribution in [3.63, 3.8) is 0 Å². The fraction of sp³-hybridized carbons (Fsp3) is 0.619. The molecule has 0 nitrogen and oxygen atoms in total. The van der Waals surface area contributed by atoms with E-state index in [0.29, 0.717) is 23.7 Å². The third-order valence-electron chi connectivity index (χ3n) is 12.2. The van der Waals surface area contributed by atoms with Crippen molar-refractivity contribution in [3.05, 3.63) is 79.9 Å². The van der Waals surface area contributed by atoms with Gasteiger partial charge in [-0.15, -0.1) is 0 Å². The van der Waals surface area contributed by atoms with E-state index in [-0.39, 0.29) is 0 Å². The molecule has 240 valence electrons. The average Bonchev–Trinajstić information content (AvgIpc) is 3.44. The Bertz CT molecular complexity index is 1380. The molecule has 2 aromatic rings. The summed E-state index contributed by atoms with van der Waals surface area (Å²) in [5, 5.41) is 3.72. The molecule has 1 aliphatic heterocycles. The maximum atomic E-state index is 2.77. The van der Waals surface area contributed by atoms with Gasteiger partial charge in [-0.3, -0.25) is 0 Å². The van der Waals surface area contributed by atoms with Crippen LogP contribution in [0.4, 0.5) is 0 Å². The third kappa shape index (κ3) is 5.14. The van der Waals surface area contributed by atoms with Crippen LogP contribution in [0.15, 0.2) is 35.4 Å². The van der Waals surface area contributed by atoms with Crippen LogP contribution in [-0.4, -0.2) is 8.07 Å². The second kappa shape index (κ2) is 12.6. The van der Waals surface area contributed by atoms with Crippen LogP contribution >= 0.6 is 0 Å². The van der Waals surface area contributed by atoms with Gasteiger partial charge < -0.3 is 0 Å². The summed E-state index contributed by atoms with van der Waals surface area (Å²) in [6, 6.07) is 10.8. The molecule has 2 aromatic carbocycles. The van der Waals surface area contributed by atoms with Gasteiger partial charge in [-0.25, -0.2) is 0 Å². The number of hydrogen-bond donors (Lipinski definition) is 0. The van der Waals surface area contributed by atoms with Gasteiger partial charge in [0.25, 0.3) is 0 Å². The third-order valence-corrected chi connectivity index (χ3v) is 38.8. The van der Waals surface area contributed by atoms with E-state index in [4.69, 9.17) is 0 Å². The van der Waals surface area contributed by atoms with Gasteiger partial charge in [-0.1, -0.05) is 0 Å². The molecular weight excluding hydrogens is 711 g/mol. The van der Waals surface area contributed by atoms with Crippen molar-refractivity contribution in [2.24, 2.45) is 0 Å². The van der Waals surface area contributed by atoms with Crippen molar-refractivity contribution >= 4 is 18.5 Å². The molecule has 1 heterocycles. The summed E-state index contributed by atoms with van der Waals surface area (Å²) in [5.74, 6) is 2.23. The Morgan fingerprint density at radius 2 is 0.955 bits per heavy atom. The molecule has 2 unspecified atom stereocenters. The van der Waals surface area contributed by atoms with Gasteiger partial charge >= 0.3 is 280 Å². The quantitative estimate of drug-likeness (QED) is 0.211. The van der Waals surface area contributed by atoms with Crippen molar-refractivity contribution in [2.75, 3.05) is 0 Å². The normalized spacial score (nSPS) is 21.6. The van der Waals surface area contributed by atoms with Crippen molar-refractivity contribution in [3.8, 4) is 0 Å². The Kier molecular flexibility index (Phi) is 9.80. The van der Waals surface area contributed by atoms with Crippen molar-refractivity contribution in [1.29, 1.82) is 0 Å². The standard InChI is InChI=1S/C34H46Si.2C4H9.Hf/c1-19(2)25-15-27-13-23(9)33(31(27)29(17-25)21(5)6)35(11,12)34-24(10)14-28-16-26(20(3)4)18-30(22(7)8)32(28)34;2*1-3-4-2;/h13-22H,1-12H3;2*1,3-4H2,2H3;. The van der Waals surface area contributed by atoms with Crippen molar-refractivity contribution < 1.29 is 20.0 Å². The molecule has 0 saturated heterocycles. The molecule has 0 aromatic heterocycles. The molecule has 2 aliphatic carbocycles. The zero-order chi connectivity index (χ0) is 32.5. The zero-order valence-corrected chi connectivity index (χ0v) is 35.6. The average molecular weight is 776 g/mol. The second-order valence-corrected chi connectivity index (χ2v) is 37.7. The predicted octanol–water partition coefficient (Wildman–Crippen LogP) is 13.9. The number of allylic oxidation sites excluding steroid dienone is 2. The van der Waals surface area contributed by atoms with Gasteiger partial charge in [0.1, 0.15) is 0 Å². The number of hydrogen-bond acceptors (Lipinski definition) is 0. The Balaban J connectivity index is 2.00. The van der Waals surface area contributed by atoms with E-state index >= 15 is 0 Å². The number of fused-ring (bicyclic) bond motifs is 8. The Morgan fingerprint density at radius 3 is 1.25 bits per heavy atom. The van der Waals surface area contributed by atoms with Crippen LogP contribution < -0.4 is 0 Å². The maximum absolute atomic E-state index is 3.32. The van der Waals surface area contributed by atoms with Gasteiger partial charge in [-0.05, 0) is 0 Å². The molecule has 2 heteroatoms.